The van der Waals surface area contributed by atoms with Crippen molar-refractivity contribution in [1.82, 2.24) is 10.3 Å². The van der Waals surface area contributed by atoms with Gasteiger partial charge in [0.05, 0.1) is 24.4 Å². The molecule has 0 radical (unpaired) electrons. The molecule has 7 heteroatoms. The van der Waals surface area contributed by atoms with Crippen LogP contribution < -0.4 is 10.1 Å². The number of aliphatic imine (C=N–C) groups is 1. The summed E-state index contributed by atoms with van der Waals surface area (Å²) in [6.45, 7) is 1.71. The van der Waals surface area contributed by atoms with Gasteiger partial charge in [-0.1, -0.05) is 18.2 Å². The molecule has 124 valence electrons. The van der Waals surface area contributed by atoms with E-state index in [1.54, 1.807) is 0 Å². The van der Waals surface area contributed by atoms with Crippen LogP contribution in [0.4, 0.5) is 5.69 Å². The SMILES string of the molecule is Brc1ccc(/N=C2/COCC3(CCOc4ccccc43)N2)c(Br)n1. The fraction of sp³-hybridized carbons (Fsp3) is 0.294. The van der Waals surface area contributed by atoms with Crippen LogP contribution in [0.15, 0.2) is 50.6 Å². The van der Waals surface area contributed by atoms with Gasteiger partial charge in [0.25, 0.3) is 0 Å². The summed E-state index contributed by atoms with van der Waals surface area (Å²) in [5.74, 6) is 1.70. The molecule has 1 saturated heterocycles. The number of aromatic nitrogens is 1. The second-order valence-corrected chi connectivity index (χ2v) is 7.36. The molecule has 1 unspecified atom stereocenters. The van der Waals surface area contributed by atoms with Crippen LogP contribution in [0, 0.1) is 0 Å². The number of pyridine rings is 1. The van der Waals surface area contributed by atoms with E-state index in [-0.39, 0.29) is 5.54 Å². The molecule has 1 fully saturated rings. The van der Waals surface area contributed by atoms with Crippen LogP contribution in [0.5, 0.6) is 5.75 Å². The van der Waals surface area contributed by atoms with Crippen LogP contribution >= 0.6 is 31.9 Å². The number of benzene rings is 1. The third-order valence-electron chi connectivity index (χ3n) is 4.21. The molecule has 1 aromatic heterocycles. The van der Waals surface area contributed by atoms with Gasteiger partial charge >= 0.3 is 0 Å². The number of nitrogens with zero attached hydrogens (tertiary/aromatic N) is 2. The summed E-state index contributed by atoms with van der Waals surface area (Å²) < 4.78 is 13.1. The highest BCUT2D eigenvalue weighted by atomic mass is 79.9. The van der Waals surface area contributed by atoms with E-state index in [0.29, 0.717) is 24.4 Å². The molecular formula is C17H15Br2N3O2. The summed E-state index contributed by atoms with van der Waals surface area (Å²) >= 11 is 6.80. The third-order valence-corrected chi connectivity index (χ3v) is 5.24. The molecule has 1 atom stereocenters. The number of rotatable bonds is 1. The Hall–Kier alpha value is -1.44. The first kappa shape index (κ1) is 16.1. The van der Waals surface area contributed by atoms with Crippen molar-refractivity contribution in [2.45, 2.75) is 12.0 Å². The average Bonchev–Trinajstić information content (AvgIpc) is 2.58. The van der Waals surface area contributed by atoms with Gasteiger partial charge in [0.2, 0.25) is 0 Å². The van der Waals surface area contributed by atoms with Crippen LogP contribution in [0.1, 0.15) is 12.0 Å². The van der Waals surface area contributed by atoms with E-state index >= 15 is 0 Å². The Morgan fingerprint density at radius 2 is 2.04 bits per heavy atom. The molecular weight excluding hydrogens is 438 g/mol. The van der Waals surface area contributed by atoms with E-state index in [9.17, 15) is 0 Å². The Balaban J connectivity index is 1.68. The average molecular weight is 453 g/mol. The van der Waals surface area contributed by atoms with Gasteiger partial charge in [0, 0.05) is 12.0 Å². The number of ether oxygens (including phenoxy) is 2. The second-order valence-electron chi connectivity index (χ2n) is 5.80. The minimum atomic E-state index is -0.290. The van der Waals surface area contributed by atoms with Crippen molar-refractivity contribution in [2.24, 2.45) is 4.99 Å². The first-order valence-corrected chi connectivity index (χ1v) is 9.23. The van der Waals surface area contributed by atoms with Crippen molar-refractivity contribution < 1.29 is 9.47 Å². The van der Waals surface area contributed by atoms with E-state index in [1.165, 1.54) is 0 Å². The number of fused-ring (bicyclic) bond motifs is 2. The number of amidine groups is 1. The molecule has 0 amide bonds. The number of nitrogens with one attached hydrogen (secondary N) is 1. The van der Waals surface area contributed by atoms with Gasteiger partial charge in [-0.2, -0.15) is 0 Å². The van der Waals surface area contributed by atoms with Crippen molar-refractivity contribution >= 4 is 43.4 Å². The minimum absolute atomic E-state index is 0.290. The molecule has 24 heavy (non-hydrogen) atoms. The molecule has 1 spiro atoms. The van der Waals surface area contributed by atoms with Gasteiger partial charge in [-0.05, 0) is 50.1 Å². The van der Waals surface area contributed by atoms with Crippen LogP contribution in [0.2, 0.25) is 0 Å². The summed E-state index contributed by atoms with van der Waals surface area (Å²) in [6, 6.07) is 11.9. The molecule has 0 bridgehead atoms. The predicted molar refractivity (Wildman–Crippen MR) is 98.9 cm³/mol. The van der Waals surface area contributed by atoms with Crippen molar-refractivity contribution in [3.8, 4) is 5.75 Å². The maximum atomic E-state index is 5.87. The molecule has 2 aliphatic rings. The van der Waals surface area contributed by atoms with E-state index in [2.05, 4.69) is 48.2 Å². The number of hydrogen-bond donors (Lipinski definition) is 1. The molecule has 2 aromatic rings. The molecule has 2 aliphatic heterocycles. The minimum Gasteiger partial charge on any atom is -0.493 e. The third kappa shape index (κ3) is 2.96. The predicted octanol–water partition coefficient (Wildman–Crippen LogP) is 3.93. The highest BCUT2D eigenvalue weighted by molar-refractivity contribution is 9.11. The Morgan fingerprint density at radius 1 is 1.17 bits per heavy atom. The number of para-hydroxylation sites is 1. The van der Waals surface area contributed by atoms with Crippen LogP contribution in [0.25, 0.3) is 0 Å². The van der Waals surface area contributed by atoms with E-state index < -0.39 is 0 Å². The van der Waals surface area contributed by atoms with Crippen LogP contribution in [-0.4, -0.2) is 30.6 Å². The standard InChI is InChI=1S/C17H15Br2N3O2/c18-14-6-5-12(16(19)21-14)20-15-9-23-10-17(22-15)7-8-24-13-4-2-1-3-11(13)17/h1-6H,7-10H2,(H,20,22). The molecule has 1 N–H and O–H groups in total. The second kappa shape index (κ2) is 6.46. The number of halogens is 2. The fourth-order valence-corrected chi connectivity index (χ4v) is 4.06. The van der Waals surface area contributed by atoms with Gasteiger partial charge < -0.3 is 14.8 Å². The van der Waals surface area contributed by atoms with Crippen molar-refractivity contribution in [3.63, 3.8) is 0 Å². The van der Waals surface area contributed by atoms with E-state index in [1.807, 2.05) is 30.3 Å². The first-order valence-electron chi connectivity index (χ1n) is 7.64. The summed E-state index contributed by atoms with van der Waals surface area (Å²) in [4.78, 5) is 9.01. The quantitative estimate of drug-likeness (QED) is 0.666. The zero-order valence-corrected chi connectivity index (χ0v) is 15.9. The van der Waals surface area contributed by atoms with Crippen LogP contribution in [-0.2, 0) is 10.3 Å². The lowest BCUT2D eigenvalue weighted by Gasteiger charge is -2.43. The Morgan fingerprint density at radius 3 is 2.92 bits per heavy atom. The zero-order valence-electron chi connectivity index (χ0n) is 12.8. The maximum Gasteiger partial charge on any atom is 0.133 e. The molecule has 1 aromatic carbocycles. The molecule has 0 saturated carbocycles. The van der Waals surface area contributed by atoms with Gasteiger partial charge in [-0.25, -0.2) is 9.98 Å². The lowest BCUT2D eigenvalue weighted by Crippen LogP contribution is -2.56. The van der Waals surface area contributed by atoms with E-state index in [0.717, 1.165) is 33.9 Å². The highest BCUT2D eigenvalue weighted by Gasteiger charge is 2.41. The fourth-order valence-electron chi connectivity index (χ4n) is 3.10. The zero-order chi connectivity index (χ0) is 16.6. The Kier molecular flexibility index (Phi) is 4.32. The largest absolute Gasteiger partial charge is 0.493 e. The molecule has 5 nitrogen and oxygen atoms in total. The summed E-state index contributed by atoms with van der Waals surface area (Å²) in [5, 5.41) is 3.60. The van der Waals surface area contributed by atoms with E-state index in [4.69, 9.17) is 14.5 Å². The Bertz CT molecular complexity index is 812. The van der Waals surface area contributed by atoms with Crippen molar-refractivity contribution in [2.75, 3.05) is 19.8 Å². The van der Waals surface area contributed by atoms with Crippen molar-refractivity contribution in [3.05, 3.63) is 51.2 Å². The summed E-state index contributed by atoms with van der Waals surface area (Å²) in [7, 11) is 0. The summed E-state index contributed by atoms with van der Waals surface area (Å²) in [5.41, 5.74) is 1.60. The van der Waals surface area contributed by atoms with Crippen LogP contribution in [0.3, 0.4) is 0 Å². The first-order chi connectivity index (χ1) is 11.7. The summed E-state index contributed by atoms with van der Waals surface area (Å²) in [6.07, 6.45) is 0.836. The number of morpholine rings is 1. The molecule has 0 aliphatic carbocycles. The normalized spacial score (nSPS) is 24.3. The maximum absolute atomic E-state index is 5.87. The molecule has 3 heterocycles. The van der Waals surface area contributed by atoms with Gasteiger partial charge in [-0.3, -0.25) is 0 Å². The monoisotopic (exact) mass is 451 g/mol. The van der Waals surface area contributed by atoms with Gasteiger partial charge in [0.1, 0.15) is 27.4 Å². The van der Waals surface area contributed by atoms with Gasteiger partial charge in [-0.15, -0.1) is 0 Å². The number of hydrogen-bond acceptors (Lipinski definition) is 4. The highest BCUT2D eigenvalue weighted by Crippen LogP contribution is 2.38. The lowest BCUT2D eigenvalue weighted by atomic mass is 9.84. The topological polar surface area (TPSA) is 55.7 Å². The molecule has 4 rings (SSSR count). The smallest absolute Gasteiger partial charge is 0.133 e. The Labute approximate surface area is 156 Å². The van der Waals surface area contributed by atoms with Crippen molar-refractivity contribution in [1.29, 1.82) is 0 Å². The lowest BCUT2D eigenvalue weighted by molar-refractivity contribution is 0.0508. The van der Waals surface area contributed by atoms with Gasteiger partial charge in [0.15, 0.2) is 0 Å².